The first kappa shape index (κ1) is 13.3. The molecule has 1 aliphatic rings. The monoisotopic (exact) mass is 274 g/mol. The average Bonchev–Trinajstić information content (AvgIpc) is 2.32. The average molecular weight is 274 g/mol. The minimum atomic E-state index is -3.52. The van der Waals surface area contributed by atoms with Gasteiger partial charge in [0.1, 0.15) is 0 Å². The highest BCUT2D eigenvalue weighted by Gasteiger charge is 2.44. The first-order chi connectivity index (χ1) is 8.81. The zero-order valence-electron chi connectivity index (χ0n) is 9.61. The van der Waals surface area contributed by atoms with Gasteiger partial charge in [-0.15, -0.1) is 0 Å². The van der Waals surface area contributed by atoms with E-state index in [1.54, 1.807) is 0 Å². The number of ketones is 1. The molecule has 8 heteroatoms. The lowest BCUT2D eigenvalue weighted by molar-refractivity contribution is -0.385. The number of alkyl halides is 2. The van der Waals surface area contributed by atoms with Gasteiger partial charge in [0, 0.05) is 19.0 Å². The molecule has 0 bridgehead atoms. The Morgan fingerprint density at radius 2 is 2.05 bits per heavy atom. The number of carbonyl (C=O) groups is 1. The molecular formula is C11H9F3N2O3. The molecule has 0 aliphatic carbocycles. The zero-order chi connectivity index (χ0) is 14.2. The molecule has 102 valence electrons. The highest BCUT2D eigenvalue weighted by molar-refractivity contribution is 5.88. The summed E-state index contributed by atoms with van der Waals surface area (Å²) in [5, 5.41) is 10.4. The summed E-state index contributed by atoms with van der Waals surface area (Å²) in [6.07, 6.45) is -0.385. The topological polar surface area (TPSA) is 63.5 Å². The number of Topliss-reactive ketones (excluding diaryl/α,β-unsaturated/α-hetero) is 1. The maximum Gasteiger partial charge on any atom is 0.322 e. The van der Waals surface area contributed by atoms with E-state index in [0.29, 0.717) is 6.07 Å². The molecular weight excluding hydrogens is 265 g/mol. The van der Waals surface area contributed by atoms with E-state index in [4.69, 9.17) is 0 Å². The maximum absolute atomic E-state index is 13.7. The minimum absolute atomic E-state index is 0.0385. The number of anilines is 1. The number of carbonyl (C=O) groups excluding carboxylic acids is 1. The van der Waals surface area contributed by atoms with Crippen LogP contribution in [0.5, 0.6) is 0 Å². The number of nitro groups is 1. The van der Waals surface area contributed by atoms with Crippen LogP contribution in [-0.4, -0.2) is 29.7 Å². The summed E-state index contributed by atoms with van der Waals surface area (Å²) in [6.45, 7) is -0.955. The van der Waals surface area contributed by atoms with Crippen LogP contribution in [0.4, 0.5) is 24.5 Å². The lowest BCUT2D eigenvalue weighted by Crippen LogP contribution is -2.49. The Hall–Kier alpha value is -2.12. The predicted octanol–water partition coefficient (Wildman–Crippen LogP) is 2.15. The molecule has 0 unspecified atom stereocenters. The summed E-state index contributed by atoms with van der Waals surface area (Å²) >= 11 is 0. The Bertz CT molecular complexity index is 548. The second-order valence-electron chi connectivity index (χ2n) is 4.19. The van der Waals surface area contributed by atoms with E-state index in [1.807, 2.05) is 0 Å². The van der Waals surface area contributed by atoms with Crippen LogP contribution in [0.2, 0.25) is 0 Å². The first-order valence-corrected chi connectivity index (χ1v) is 5.41. The molecule has 1 aromatic rings. The van der Waals surface area contributed by atoms with Gasteiger partial charge in [-0.05, 0) is 6.07 Å². The number of benzene rings is 1. The summed E-state index contributed by atoms with van der Waals surface area (Å²) in [7, 11) is 0. The zero-order valence-corrected chi connectivity index (χ0v) is 9.61. The molecule has 1 aromatic carbocycles. The lowest BCUT2D eigenvalue weighted by Gasteiger charge is -2.33. The van der Waals surface area contributed by atoms with Gasteiger partial charge in [0.05, 0.1) is 23.2 Å². The molecule has 1 aliphatic heterocycles. The van der Waals surface area contributed by atoms with Crippen LogP contribution in [0, 0.1) is 15.9 Å². The van der Waals surface area contributed by atoms with Crippen molar-refractivity contribution in [3.63, 3.8) is 0 Å². The predicted molar refractivity (Wildman–Crippen MR) is 59.8 cm³/mol. The number of halogens is 3. The van der Waals surface area contributed by atoms with Gasteiger partial charge >= 0.3 is 5.92 Å². The fraction of sp³-hybridized carbons (Fsp3) is 0.364. The molecule has 2 rings (SSSR count). The number of piperidine rings is 1. The number of nitro benzene ring substituents is 1. The van der Waals surface area contributed by atoms with Crippen LogP contribution < -0.4 is 4.90 Å². The normalized spacial score (nSPS) is 18.5. The molecule has 1 heterocycles. The van der Waals surface area contributed by atoms with E-state index in [-0.39, 0.29) is 18.7 Å². The van der Waals surface area contributed by atoms with Crippen molar-refractivity contribution in [2.75, 3.05) is 18.0 Å². The Morgan fingerprint density at radius 1 is 1.37 bits per heavy atom. The number of rotatable bonds is 2. The third-order valence-corrected chi connectivity index (χ3v) is 2.89. The largest absolute Gasteiger partial charge is 0.362 e. The Kier molecular flexibility index (Phi) is 3.17. The van der Waals surface area contributed by atoms with E-state index >= 15 is 0 Å². The van der Waals surface area contributed by atoms with Crippen LogP contribution in [0.25, 0.3) is 0 Å². The third kappa shape index (κ3) is 2.51. The van der Waals surface area contributed by atoms with Crippen molar-refractivity contribution in [3.05, 3.63) is 34.1 Å². The van der Waals surface area contributed by atoms with Crippen molar-refractivity contribution in [1.82, 2.24) is 0 Å². The fourth-order valence-electron chi connectivity index (χ4n) is 1.90. The second kappa shape index (κ2) is 4.52. The highest BCUT2D eigenvalue weighted by atomic mass is 19.3. The Balaban J connectivity index is 2.28. The van der Waals surface area contributed by atoms with Crippen molar-refractivity contribution < 1.29 is 22.9 Å². The van der Waals surface area contributed by atoms with Gasteiger partial charge in [-0.2, -0.15) is 8.78 Å². The van der Waals surface area contributed by atoms with Crippen molar-refractivity contribution in [2.24, 2.45) is 0 Å². The molecule has 5 nitrogen and oxygen atoms in total. The number of hydrogen-bond donors (Lipinski definition) is 0. The molecule has 0 radical (unpaired) electrons. The van der Waals surface area contributed by atoms with Crippen molar-refractivity contribution in [1.29, 1.82) is 0 Å². The highest BCUT2D eigenvalue weighted by Crippen LogP contribution is 2.30. The number of hydrogen-bond acceptors (Lipinski definition) is 4. The smallest absolute Gasteiger partial charge is 0.322 e. The summed E-state index contributed by atoms with van der Waals surface area (Å²) in [6, 6.07) is 2.77. The molecule has 1 saturated heterocycles. The molecule has 0 spiro atoms. The van der Waals surface area contributed by atoms with Crippen LogP contribution in [0.1, 0.15) is 6.42 Å². The van der Waals surface area contributed by atoms with Crippen molar-refractivity contribution >= 4 is 17.2 Å². The van der Waals surface area contributed by atoms with Gasteiger partial charge in [0.25, 0.3) is 5.69 Å². The molecule has 0 aromatic heterocycles. The molecule has 0 N–H and O–H groups in total. The molecule has 0 saturated carbocycles. The van der Waals surface area contributed by atoms with Crippen molar-refractivity contribution in [3.8, 4) is 0 Å². The lowest BCUT2D eigenvalue weighted by atomic mass is 10.0. The van der Waals surface area contributed by atoms with Crippen LogP contribution in [0.3, 0.4) is 0 Å². The minimum Gasteiger partial charge on any atom is -0.362 e. The van der Waals surface area contributed by atoms with Gasteiger partial charge in [0.15, 0.2) is 5.82 Å². The van der Waals surface area contributed by atoms with Crippen LogP contribution in [0.15, 0.2) is 18.2 Å². The second-order valence-corrected chi connectivity index (χ2v) is 4.19. The number of nitrogens with zero attached hydrogens (tertiary/aromatic N) is 2. The number of non-ortho nitro benzene ring substituents is 1. The van der Waals surface area contributed by atoms with Gasteiger partial charge in [-0.3, -0.25) is 14.9 Å². The van der Waals surface area contributed by atoms with Gasteiger partial charge < -0.3 is 4.90 Å². The van der Waals surface area contributed by atoms with Crippen LogP contribution >= 0.6 is 0 Å². The van der Waals surface area contributed by atoms with E-state index in [0.717, 1.165) is 17.0 Å². The van der Waals surface area contributed by atoms with E-state index < -0.39 is 34.7 Å². The first-order valence-electron chi connectivity index (χ1n) is 5.41. The summed E-state index contributed by atoms with van der Waals surface area (Å²) < 4.78 is 40.2. The summed E-state index contributed by atoms with van der Waals surface area (Å²) in [5.74, 6) is -5.66. The Morgan fingerprint density at radius 3 is 2.58 bits per heavy atom. The summed E-state index contributed by atoms with van der Waals surface area (Å²) in [5.41, 5.74) is -0.626. The van der Waals surface area contributed by atoms with Gasteiger partial charge in [-0.1, -0.05) is 0 Å². The summed E-state index contributed by atoms with van der Waals surface area (Å²) in [4.78, 5) is 21.6. The maximum atomic E-state index is 13.7. The quantitative estimate of drug-likeness (QED) is 0.612. The SMILES string of the molecule is O=C1CCN(c2ccc([N+](=O)[O-])cc2F)CC1(F)F. The molecule has 0 amide bonds. The Labute approximate surface area is 105 Å². The van der Waals surface area contributed by atoms with Gasteiger partial charge in [0.2, 0.25) is 5.78 Å². The third-order valence-electron chi connectivity index (χ3n) is 2.89. The molecule has 0 atom stereocenters. The van der Waals surface area contributed by atoms with Gasteiger partial charge in [-0.25, -0.2) is 4.39 Å². The van der Waals surface area contributed by atoms with E-state index in [9.17, 15) is 28.1 Å². The standard InChI is InChI=1S/C11H9F3N2O3/c12-8-5-7(16(18)19)1-2-9(8)15-4-3-10(17)11(13,14)6-15/h1-2,5H,3-4,6H2. The van der Waals surface area contributed by atoms with Crippen molar-refractivity contribution in [2.45, 2.75) is 12.3 Å². The van der Waals surface area contributed by atoms with E-state index in [2.05, 4.69) is 0 Å². The molecule has 19 heavy (non-hydrogen) atoms. The van der Waals surface area contributed by atoms with Crippen LogP contribution in [-0.2, 0) is 4.79 Å². The molecule has 1 fully saturated rings. The van der Waals surface area contributed by atoms with E-state index in [1.165, 1.54) is 0 Å². The fourth-order valence-corrected chi connectivity index (χ4v) is 1.90.